The van der Waals surface area contributed by atoms with E-state index in [1.165, 1.54) is 32.2 Å². The maximum atomic E-state index is 13.9. The Kier molecular flexibility index (Phi) is 8.11. The van der Waals surface area contributed by atoms with Crippen LogP contribution in [0.2, 0.25) is 0 Å². The van der Waals surface area contributed by atoms with Gasteiger partial charge in [-0.1, -0.05) is 12.1 Å². The highest BCUT2D eigenvalue weighted by Gasteiger charge is 2.50. The Bertz CT molecular complexity index is 1590. The number of hydrogen-bond acceptors (Lipinski definition) is 13. The topological polar surface area (TPSA) is 199 Å². The van der Waals surface area contributed by atoms with Crippen LogP contribution < -0.4 is 4.74 Å². The fourth-order valence-electron chi connectivity index (χ4n) is 7.13. The third-order valence-electron chi connectivity index (χ3n) is 9.62. The van der Waals surface area contributed by atoms with E-state index in [9.17, 15) is 40.4 Å². The smallest absolute Gasteiger partial charge is 0.202 e. The number of ketones is 2. The van der Waals surface area contributed by atoms with E-state index in [0.29, 0.717) is 13.2 Å². The quantitative estimate of drug-likeness (QED) is 0.253. The molecule has 45 heavy (non-hydrogen) atoms. The van der Waals surface area contributed by atoms with Crippen molar-refractivity contribution in [2.75, 3.05) is 26.9 Å². The molecule has 0 saturated carbocycles. The highest BCUT2D eigenvalue weighted by molar-refractivity contribution is 6.31. The van der Waals surface area contributed by atoms with Crippen LogP contribution in [0.3, 0.4) is 0 Å². The van der Waals surface area contributed by atoms with E-state index in [2.05, 4.69) is 6.07 Å². The molecule has 6 rings (SSSR count). The van der Waals surface area contributed by atoms with Crippen LogP contribution in [-0.2, 0) is 20.6 Å². The fourth-order valence-corrected chi connectivity index (χ4v) is 7.13. The van der Waals surface area contributed by atoms with Gasteiger partial charge in [0.15, 0.2) is 12.1 Å². The Hall–Kier alpha value is -3.61. The average Bonchev–Trinajstić information content (AvgIpc) is 3.02. The van der Waals surface area contributed by atoms with Crippen molar-refractivity contribution in [1.82, 2.24) is 4.90 Å². The number of fused-ring (bicyclic) bond motifs is 3. The molecule has 13 nitrogen and oxygen atoms in total. The molecule has 0 bridgehead atoms. The number of carbonyl (C=O) groups is 2. The number of ether oxygens (including phenoxy) is 4. The largest absolute Gasteiger partial charge is 0.507 e. The zero-order valence-electron chi connectivity index (χ0n) is 25.1. The molecule has 240 valence electrons. The molecule has 13 heteroatoms. The highest BCUT2D eigenvalue weighted by atomic mass is 16.7. The normalized spacial score (nSPS) is 32.2. The van der Waals surface area contributed by atoms with Crippen LogP contribution in [0.25, 0.3) is 0 Å². The first-order valence-corrected chi connectivity index (χ1v) is 14.9. The molecule has 2 aromatic rings. The highest BCUT2D eigenvalue weighted by Crippen LogP contribution is 2.53. The molecule has 2 fully saturated rings. The van der Waals surface area contributed by atoms with Crippen molar-refractivity contribution in [2.45, 2.75) is 81.5 Å². The maximum absolute atomic E-state index is 13.9. The summed E-state index contributed by atoms with van der Waals surface area (Å²) < 4.78 is 23.1. The van der Waals surface area contributed by atoms with Gasteiger partial charge < -0.3 is 44.5 Å². The number of nitrogens with zero attached hydrogens (tertiary/aromatic N) is 2. The second-order valence-corrected chi connectivity index (χ2v) is 12.2. The predicted octanol–water partition coefficient (Wildman–Crippen LogP) is 1.09. The van der Waals surface area contributed by atoms with Crippen LogP contribution in [0, 0.1) is 11.3 Å². The molecule has 2 heterocycles. The van der Waals surface area contributed by atoms with Crippen molar-refractivity contribution >= 4 is 11.6 Å². The van der Waals surface area contributed by atoms with E-state index in [0.717, 1.165) is 0 Å². The number of aliphatic hydroxyl groups excluding tert-OH is 2. The molecule has 2 aliphatic carbocycles. The van der Waals surface area contributed by atoms with Crippen LogP contribution in [0.4, 0.5) is 0 Å². The second kappa shape index (κ2) is 11.6. The summed E-state index contributed by atoms with van der Waals surface area (Å²) in [5, 5.41) is 66.2. The zero-order chi connectivity index (χ0) is 32.4. The molecule has 2 aromatic carbocycles. The minimum Gasteiger partial charge on any atom is -0.507 e. The molecule has 2 saturated heterocycles. The number of nitriles is 1. The van der Waals surface area contributed by atoms with E-state index >= 15 is 0 Å². The van der Waals surface area contributed by atoms with E-state index in [1.807, 2.05) is 4.90 Å². The second-order valence-electron chi connectivity index (χ2n) is 12.2. The molecule has 0 spiro atoms. The van der Waals surface area contributed by atoms with Gasteiger partial charge in [0.05, 0.1) is 73.1 Å². The molecule has 2 aliphatic heterocycles. The molecule has 4 unspecified atom stereocenters. The van der Waals surface area contributed by atoms with Crippen molar-refractivity contribution in [1.29, 1.82) is 5.26 Å². The van der Waals surface area contributed by atoms with Crippen LogP contribution in [0.5, 0.6) is 17.2 Å². The molecule has 5 N–H and O–H groups in total. The number of hydrogen-bond donors (Lipinski definition) is 5. The number of benzene rings is 2. The maximum Gasteiger partial charge on any atom is 0.202 e. The van der Waals surface area contributed by atoms with Gasteiger partial charge in [-0.05, 0) is 19.9 Å². The van der Waals surface area contributed by atoms with Gasteiger partial charge in [0.25, 0.3) is 0 Å². The summed E-state index contributed by atoms with van der Waals surface area (Å²) >= 11 is 0. The standard InChI is InChI=1S/C32H36N2O11/c1-14-27(36)19(34-7-8-43-13-16(34)12-33)9-22(44-14)45-21-11-32(41,15(2)35)10-18-24(21)31(40)26-25(29(18)38)28(37)17-5-4-6-20(42-3)23(17)30(26)39/h4-6,14-16,19,21-22,27,35-36,38,40-41H,7-11,13H2,1-3H3/t14-,15?,16?,19-,21?,22-,27+,32?/m0/s1. The molecule has 4 aliphatic rings. The Morgan fingerprint density at radius 2 is 1.89 bits per heavy atom. The van der Waals surface area contributed by atoms with Gasteiger partial charge in [-0.15, -0.1) is 0 Å². The lowest BCUT2D eigenvalue weighted by atomic mass is 9.71. The minimum atomic E-state index is -1.85. The van der Waals surface area contributed by atoms with E-state index in [4.69, 9.17) is 18.9 Å². The fraction of sp³-hybridized carbons (Fsp3) is 0.531. The van der Waals surface area contributed by atoms with Gasteiger partial charge in [-0.3, -0.25) is 14.5 Å². The summed E-state index contributed by atoms with van der Waals surface area (Å²) in [6.07, 6.45) is -5.77. The Balaban J connectivity index is 1.43. The van der Waals surface area contributed by atoms with Crippen molar-refractivity contribution in [3.63, 3.8) is 0 Å². The molecule has 0 radical (unpaired) electrons. The number of aromatic hydroxyl groups is 2. The van der Waals surface area contributed by atoms with Crippen molar-refractivity contribution in [3.8, 4) is 23.3 Å². The molecule has 0 aromatic heterocycles. The first kappa shape index (κ1) is 31.4. The van der Waals surface area contributed by atoms with Crippen LogP contribution in [0.1, 0.15) is 75.8 Å². The van der Waals surface area contributed by atoms with Gasteiger partial charge in [-0.25, -0.2) is 0 Å². The van der Waals surface area contributed by atoms with Crippen LogP contribution in [-0.4, -0.2) is 111 Å². The van der Waals surface area contributed by atoms with Crippen molar-refractivity contribution in [2.24, 2.45) is 0 Å². The SMILES string of the molecule is COc1cccc2c1C(=O)c1c(O)c3c(c(O)c1C2=O)CC(O)(C(C)O)CC3O[C@H]1C[C@H](N2CCOCC2C#N)[C@H](O)[C@H](C)O1. The lowest BCUT2D eigenvalue weighted by Crippen LogP contribution is -2.60. The van der Waals surface area contributed by atoms with E-state index in [1.54, 1.807) is 6.92 Å². The Morgan fingerprint density at radius 1 is 1.16 bits per heavy atom. The van der Waals surface area contributed by atoms with Gasteiger partial charge in [0.1, 0.15) is 23.3 Å². The van der Waals surface area contributed by atoms with E-state index in [-0.39, 0.29) is 53.9 Å². The van der Waals surface area contributed by atoms with Crippen molar-refractivity contribution in [3.05, 3.63) is 51.6 Å². The molecular weight excluding hydrogens is 588 g/mol. The molecule has 8 atom stereocenters. The lowest BCUT2D eigenvalue weighted by Gasteiger charge is -2.47. The summed E-state index contributed by atoms with van der Waals surface area (Å²) in [5.41, 5.74) is -2.81. The van der Waals surface area contributed by atoms with Gasteiger partial charge in [0, 0.05) is 48.5 Å². The van der Waals surface area contributed by atoms with E-state index < -0.39 is 82.6 Å². The first-order valence-electron chi connectivity index (χ1n) is 14.9. The number of methoxy groups -OCH3 is 1. The number of morpholine rings is 1. The lowest BCUT2D eigenvalue weighted by molar-refractivity contribution is -0.264. The number of aliphatic hydroxyl groups is 3. The monoisotopic (exact) mass is 624 g/mol. The third-order valence-corrected chi connectivity index (χ3v) is 9.62. The van der Waals surface area contributed by atoms with Crippen LogP contribution in [0.15, 0.2) is 18.2 Å². The number of carbonyl (C=O) groups excluding carboxylic acids is 2. The number of phenols is 2. The Labute approximate surface area is 259 Å². The summed E-state index contributed by atoms with van der Waals surface area (Å²) in [4.78, 5) is 29.4. The van der Waals surface area contributed by atoms with Gasteiger partial charge in [0.2, 0.25) is 5.78 Å². The summed E-state index contributed by atoms with van der Waals surface area (Å²) in [6, 6.07) is 5.51. The molecule has 0 amide bonds. The van der Waals surface area contributed by atoms with Gasteiger partial charge >= 0.3 is 0 Å². The first-order chi connectivity index (χ1) is 21.4. The average molecular weight is 625 g/mol. The Morgan fingerprint density at radius 3 is 2.58 bits per heavy atom. The summed E-state index contributed by atoms with van der Waals surface area (Å²) in [5.74, 6) is -2.52. The molecular formula is C32H36N2O11. The third kappa shape index (κ3) is 4.97. The van der Waals surface area contributed by atoms with Gasteiger partial charge in [-0.2, -0.15) is 5.26 Å². The van der Waals surface area contributed by atoms with Crippen LogP contribution >= 0.6 is 0 Å². The summed E-state index contributed by atoms with van der Waals surface area (Å²) in [6.45, 7) is 3.98. The minimum absolute atomic E-state index is 0.0103. The summed E-state index contributed by atoms with van der Waals surface area (Å²) in [7, 11) is 1.35. The van der Waals surface area contributed by atoms with Crippen molar-refractivity contribution < 1.29 is 54.1 Å². The number of phenolic OH excluding ortho intramolecular Hbond substituents is 2. The predicted molar refractivity (Wildman–Crippen MR) is 154 cm³/mol. The zero-order valence-corrected chi connectivity index (χ0v) is 25.1. The number of rotatable bonds is 5.